The van der Waals surface area contributed by atoms with Gasteiger partial charge in [-0.25, -0.2) is 13.1 Å². The average Bonchev–Trinajstić information content (AvgIpc) is 3.25. The van der Waals surface area contributed by atoms with E-state index in [-0.39, 0.29) is 17.5 Å². The molecule has 0 amide bonds. The Morgan fingerprint density at radius 1 is 1.15 bits per heavy atom. The van der Waals surface area contributed by atoms with E-state index in [1.54, 1.807) is 30.6 Å². The van der Waals surface area contributed by atoms with Crippen molar-refractivity contribution in [3.05, 3.63) is 72.8 Å². The number of fused-ring (bicyclic) bond motifs is 2. The number of sulfonamides is 1. The van der Waals surface area contributed by atoms with Crippen molar-refractivity contribution in [3.8, 4) is 0 Å². The van der Waals surface area contributed by atoms with Crippen LogP contribution in [0, 0.1) is 0 Å². The summed E-state index contributed by atoms with van der Waals surface area (Å²) in [6, 6.07) is 15.0. The van der Waals surface area contributed by atoms with E-state index >= 15 is 0 Å². The van der Waals surface area contributed by atoms with Crippen molar-refractivity contribution in [2.45, 2.75) is 48.6 Å². The summed E-state index contributed by atoms with van der Waals surface area (Å²) >= 11 is 0. The topological polar surface area (TPSA) is 104 Å². The largest absolute Gasteiger partial charge is 0.464 e. The predicted octanol–water partition coefficient (Wildman–Crippen LogP) is 3.77. The Labute approximate surface area is 199 Å². The van der Waals surface area contributed by atoms with Gasteiger partial charge < -0.3 is 14.8 Å². The first-order chi connectivity index (χ1) is 16.4. The first-order valence-electron chi connectivity index (χ1n) is 11.7. The number of aliphatic hydroxyl groups is 1. The number of piperidine rings is 1. The van der Waals surface area contributed by atoms with Crippen molar-refractivity contribution >= 4 is 31.8 Å². The van der Waals surface area contributed by atoms with Gasteiger partial charge >= 0.3 is 0 Å². The first kappa shape index (κ1) is 23.0. The van der Waals surface area contributed by atoms with Crippen LogP contribution in [-0.2, 0) is 16.4 Å². The summed E-state index contributed by atoms with van der Waals surface area (Å²) in [6.07, 6.45) is 8.34. The molecule has 3 N–H and O–H groups in total. The number of furan rings is 1. The van der Waals surface area contributed by atoms with Crippen LogP contribution < -0.4 is 10.0 Å². The van der Waals surface area contributed by atoms with Crippen molar-refractivity contribution < 1.29 is 17.9 Å². The van der Waals surface area contributed by atoms with Crippen LogP contribution in [0.3, 0.4) is 0 Å². The number of hydrogen-bond donors (Lipinski definition) is 3. The van der Waals surface area contributed by atoms with E-state index < -0.39 is 15.6 Å². The molecule has 2 aromatic heterocycles. The van der Waals surface area contributed by atoms with Gasteiger partial charge in [0.2, 0.25) is 10.0 Å². The Bertz CT molecular complexity index is 1400. The van der Waals surface area contributed by atoms with Gasteiger partial charge in [-0.3, -0.25) is 4.98 Å². The molecule has 34 heavy (non-hydrogen) atoms. The van der Waals surface area contributed by atoms with Gasteiger partial charge in [-0.05, 0) is 62.4 Å². The van der Waals surface area contributed by atoms with Crippen molar-refractivity contribution in [2.75, 3.05) is 13.1 Å². The lowest BCUT2D eigenvalue weighted by Gasteiger charge is -2.38. The normalized spacial score (nSPS) is 21.3. The Morgan fingerprint density at radius 3 is 2.94 bits per heavy atom. The van der Waals surface area contributed by atoms with Gasteiger partial charge in [0.1, 0.15) is 5.58 Å². The fourth-order valence-corrected chi connectivity index (χ4v) is 6.21. The van der Waals surface area contributed by atoms with E-state index in [9.17, 15) is 13.5 Å². The van der Waals surface area contributed by atoms with E-state index in [4.69, 9.17) is 4.42 Å². The number of aryl methyl sites for hydroxylation is 1. The lowest BCUT2D eigenvalue weighted by molar-refractivity contribution is -0.0110. The number of rotatable bonds is 8. The standard InChI is InChI=1S/C26H29N3O4S/c30-26(12-15-29-34(31,32)25-7-3-4-19-17-27-13-10-23(19)25)11-14-28-21(16-26)9-8-20-18-33-24-6-2-1-5-22(20)24/h1-7,10,13,17-18,21,28-30H,8-9,11-12,14-16H2. The zero-order valence-corrected chi connectivity index (χ0v) is 19.7. The molecule has 0 bridgehead atoms. The van der Waals surface area contributed by atoms with E-state index in [1.807, 2.05) is 30.5 Å². The molecule has 8 heteroatoms. The molecular formula is C26H29N3O4S. The third-order valence-electron chi connectivity index (χ3n) is 6.79. The van der Waals surface area contributed by atoms with E-state index in [0.29, 0.717) is 31.2 Å². The number of nitrogens with zero attached hydrogens (tertiary/aromatic N) is 1. The van der Waals surface area contributed by atoms with Gasteiger partial charge in [0, 0.05) is 41.1 Å². The second-order valence-corrected chi connectivity index (χ2v) is 10.9. The van der Waals surface area contributed by atoms with E-state index in [0.717, 1.165) is 29.2 Å². The Kier molecular flexibility index (Phi) is 6.40. The minimum absolute atomic E-state index is 0.162. The second-order valence-electron chi connectivity index (χ2n) is 9.13. The molecule has 3 heterocycles. The lowest BCUT2D eigenvalue weighted by Crippen LogP contribution is -2.49. The highest BCUT2D eigenvalue weighted by Crippen LogP contribution is 2.29. The molecule has 7 nitrogen and oxygen atoms in total. The van der Waals surface area contributed by atoms with Crippen molar-refractivity contribution in [1.82, 2.24) is 15.0 Å². The lowest BCUT2D eigenvalue weighted by atomic mass is 9.83. The molecule has 0 spiro atoms. The van der Waals surface area contributed by atoms with Gasteiger partial charge in [0.15, 0.2) is 0 Å². The van der Waals surface area contributed by atoms with Gasteiger partial charge in [-0.2, -0.15) is 0 Å². The fourth-order valence-electron chi connectivity index (χ4n) is 4.95. The van der Waals surface area contributed by atoms with Gasteiger partial charge in [-0.15, -0.1) is 0 Å². The number of para-hydroxylation sites is 1. The summed E-state index contributed by atoms with van der Waals surface area (Å²) in [5, 5.41) is 17.3. The molecule has 0 radical (unpaired) electrons. The summed E-state index contributed by atoms with van der Waals surface area (Å²) in [4.78, 5) is 4.29. The number of nitrogens with one attached hydrogen (secondary N) is 2. The Hall–Kier alpha value is -2.78. The highest BCUT2D eigenvalue weighted by molar-refractivity contribution is 7.89. The van der Waals surface area contributed by atoms with Crippen LogP contribution in [0.1, 0.15) is 31.2 Å². The molecule has 5 rings (SSSR count). The molecule has 0 aliphatic carbocycles. The molecule has 4 aromatic rings. The maximum Gasteiger partial charge on any atom is 0.241 e. The summed E-state index contributed by atoms with van der Waals surface area (Å²) in [7, 11) is -3.70. The summed E-state index contributed by atoms with van der Waals surface area (Å²) < 4.78 is 34.3. The number of pyridine rings is 1. The zero-order valence-electron chi connectivity index (χ0n) is 18.9. The number of hydrogen-bond acceptors (Lipinski definition) is 6. The van der Waals surface area contributed by atoms with Crippen LogP contribution in [0.15, 0.2) is 76.5 Å². The number of benzene rings is 2. The SMILES string of the molecule is O=S(=O)(NCCC1(O)CCNC(CCc2coc3ccccc23)C1)c1cccc2cnccc12. The third-order valence-corrected chi connectivity index (χ3v) is 8.30. The summed E-state index contributed by atoms with van der Waals surface area (Å²) in [5.41, 5.74) is 1.16. The predicted molar refractivity (Wildman–Crippen MR) is 132 cm³/mol. The third kappa shape index (κ3) is 4.86. The molecule has 1 aliphatic heterocycles. The first-order valence-corrected chi connectivity index (χ1v) is 13.2. The summed E-state index contributed by atoms with van der Waals surface area (Å²) in [5.74, 6) is 0. The molecule has 1 fully saturated rings. The molecule has 178 valence electrons. The molecular weight excluding hydrogens is 450 g/mol. The van der Waals surface area contributed by atoms with Gasteiger partial charge in [0.05, 0.1) is 16.8 Å². The smallest absolute Gasteiger partial charge is 0.241 e. The van der Waals surface area contributed by atoms with Crippen LogP contribution in [0.25, 0.3) is 21.7 Å². The highest BCUT2D eigenvalue weighted by Gasteiger charge is 2.34. The second kappa shape index (κ2) is 9.46. The van der Waals surface area contributed by atoms with Crippen LogP contribution in [0.5, 0.6) is 0 Å². The van der Waals surface area contributed by atoms with Crippen LogP contribution >= 0.6 is 0 Å². The van der Waals surface area contributed by atoms with Crippen molar-refractivity contribution in [3.63, 3.8) is 0 Å². The molecule has 0 saturated carbocycles. The zero-order chi connectivity index (χ0) is 23.6. The minimum Gasteiger partial charge on any atom is -0.464 e. The maximum absolute atomic E-state index is 13.0. The van der Waals surface area contributed by atoms with Crippen LogP contribution in [0.2, 0.25) is 0 Å². The van der Waals surface area contributed by atoms with Gasteiger partial charge in [0.25, 0.3) is 0 Å². The molecule has 2 unspecified atom stereocenters. The monoisotopic (exact) mass is 479 g/mol. The molecule has 2 atom stereocenters. The maximum atomic E-state index is 13.0. The van der Waals surface area contributed by atoms with E-state index in [1.165, 1.54) is 5.56 Å². The minimum atomic E-state index is -3.70. The average molecular weight is 480 g/mol. The van der Waals surface area contributed by atoms with E-state index in [2.05, 4.69) is 21.1 Å². The quantitative estimate of drug-likeness (QED) is 0.355. The van der Waals surface area contributed by atoms with Crippen LogP contribution in [0.4, 0.5) is 0 Å². The van der Waals surface area contributed by atoms with Crippen LogP contribution in [-0.4, -0.2) is 43.2 Å². The Balaban J connectivity index is 1.19. The van der Waals surface area contributed by atoms with Crippen molar-refractivity contribution in [1.29, 1.82) is 0 Å². The fraction of sp³-hybridized carbons (Fsp3) is 0.346. The Morgan fingerprint density at radius 2 is 2.03 bits per heavy atom. The van der Waals surface area contributed by atoms with Crippen molar-refractivity contribution in [2.24, 2.45) is 0 Å². The highest BCUT2D eigenvalue weighted by atomic mass is 32.2. The number of aromatic nitrogens is 1. The van der Waals surface area contributed by atoms with Gasteiger partial charge in [-0.1, -0.05) is 30.3 Å². The molecule has 1 saturated heterocycles. The summed E-state index contributed by atoms with van der Waals surface area (Å²) in [6.45, 7) is 0.885. The molecule has 1 aliphatic rings. The molecule has 2 aromatic carbocycles.